The first kappa shape index (κ1) is 22.5. The highest BCUT2D eigenvalue weighted by Gasteiger charge is 2.28. The van der Waals surface area contributed by atoms with Crippen molar-refractivity contribution in [2.75, 3.05) is 39.3 Å². The second-order valence-corrected chi connectivity index (χ2v) is 10.3. The van der Waals surface area contributed by atoms with Crippen LogP contribution in [0.4, 0.5) is 0 Å². The number of carbonyl (C=O) groups excluding carboxylic acids is 1. The molecular weight excluding hydrogens is 410 g/mol. The van der Waals surface area contributed by atoms with Crippen molar-refractivity contribution in [3.05, 3.63) is 28.8 Å². The Hall–Kier alpha value is -1.15. The fourth-order valence-corrected chi connectivity index (χ4v) is 6.07. The molecule has 2 aliphatic rings. The molecule has 1 aromatic rings. The fraction of sp³-hybridized carbons (Fsp3) is 0.667. The first-order chi connectivity index (χ1) is 14.0. The summed E-state index contributed by atoms with van der Waals surface area (Å²) in [5.74, 6) is -0.260. The van der Waals surface area contributed by atoms with E-state index in [1.807, 2.05) is 0 Å². The first-order valence-corrected chi connectivity index (χ1v) is 12.6. The van der Waals surface area contributed by atoms with Crippen LogP contribution < -0.4 is 5.32 Å². The lowest BCUT2D eigenvalue weighted by Crippen LogP contribution is -2.35. The molecule has 29 heavy (non-hydrogen) atoms. The average Bonchev–Trinajstić information content (AvgIpc) is 3.13. The molecule has 0 aromatic heterocycles. The highest BCUT2D eigenvalue weighted by molar-refractivity contribution is 7.89. The molecule has 0 atom stereocenters. The monoisotopic (exact) mass is 441 g/mol. The second kappa shape index (κ2) is 10.8. The summed E-state index contributed by atoms with van der Waals surface area (Å²) in [6, 6.07) is 4.52. The maximum atomic E-state index is 13.1. The van der Waals surface area contributed by atoms with Gasteiger partial charge in [0.2, 0.25) is 10.0 Å². The molecule has 2 saturated heterocycles. The molecule has 162 valence electrons. The van der Waals surface area contributed by atoms with Crippen LogP contribution in [0.15, 0.2) is 23.1 Å². The number of carbonyl (C=O) groups is 1. The van der Waals surface area contributed by atoms with Crippen molar-refractivity contribution in [2.24, 2.45) is 0 Å². The van der Waals surface area contributed by atoms with E-state index in [-0.39, 0.29) is 15.8 Å². The van der Waals surface area contributed by atoms with Crippen LogP contribution in [0.1, 0.15) is 61.7 Å². The van der Waals surface area contributed by atoms with Gasteiger partial charge in [0, 0.05) is 31.7 Å². The normalized spacial score (nSPS) is 20.0. The summed E-state index contributed by atoms with van der Waals surface area (Å²) in [5, 5.41) is 3.08. The van der Waals surface area contributed by atoms with E-state index < -0.39 is 10.0 Å². The third-order valence-electron chi connectivity index (χ3n) is 5.79. The van der Waals surface area contributed by atoms with Crippen molar-refractivity contribution in [3.63, 3.8) is 0 Å². The zero-order valence-corrected chi connectivity index (χ0v) is 18.6. The number of amides is 1. The molecular formula is C21H32ClN3O3S. The van der Waals surface area contributed by atoms with E-state index >= 15 is 0 Å². The molecule has 8 heteroatoms. The van der Waals surface area contributed by atoms with Gasteiger partial charge in [0.15, 0.2) is 0 Å². The van der Waals surface area contributed by atoms with Crippen molar-refractivity contribution in [1.82, 2.24) is 14.5 Å². The van der Waals surface area contributed by atoms with Crippen LogP contribution in [0.25, 0.3) is 0 Å². The molecule has 3 rings (SSSR count). The van der Waals surface area contributed by atoms with Gasteiger partial charge in [0.25, 0.3) is 5.91 Å². The van der Waals surface area contributed by atoms with Gasteiger partial charge in [-0.3, -0.25) is 4.79 Å². The van der Waals surface area contributed by atoms with Gasteiger partial charge in [0.1, 0.15) is 4.90 Å². The molecule has 6 nitrogen and oxygen atoms in total. The van der Waals surface area contributed by atoms with Crippen molar-refractivity contribution in [3.8, 4) is 0 Å². The van der Waals surface area contributed by atoms with Gasteiger partial charge < -0.3 is 10.2 Å². The predicted octanol–water partition coefficient (Wildman–Crippen LogP) is 3.51. The van der Waals surface area contributed by atoms with Gasteiger partial charge in [-0.1, -0.05) is 37.3 Å². The highest BCUT2D eigenvalue weighted by atomic mass is 35.5. The molecule has 0 spiro atoms. The number of nitrogens with one attached hydrogen (secondary N) is 1. The summed E-state index contributed by atoms with van der Waals surface area (Å²) in [7, 11) is -3.70. The minimum atomic E-state index is -3.70. The number of likely N-dealkylation sites (tertiary alicyclic amines) is 1. The zero-order chi connectivity index (χ0) is 20.7. The summed E-state index contributed by atoms with van der Waals surface area (Å²) in [6.07, 6.45) is 8.77. The topological polar surface area (TPSA) is 69.7 Å². The van der Waals surface area contributed by atoms with Crippen LogP contribution in [-0.2, 0) is 10.0 Å². The van der Waals surface area contributed by atoms with Crippen molar-refractivity contribution in [1.29, 1.82) is 0 Å². The molecule has 0 bridgehead atoms. The number of rotatable bonds is 6. The molecule has 1 aromatic carbocycles. The first-order valence-electron chi connectivity index (χ1n) is 10.8. The largest absolute Gasteiger partial charge is 0.351 e. The number of hydrogen-bond donors (Lipinski definition) is 1. The summed E-state index contributed by atoms with van der Waals surface area (Å²) in [5.41, 5.74) is 0.332. The Kier molecular flexibility index (Phi) is 8.35. The number of benzene rings is 1. The van der Waals surface area contributed by atoms with Gasteiger partial charge in [-0.25, -0.2) is 8.42 Å². The van der Waals surface area contributed by atoms with E-state index in [9.17, 15) is 13.2 Å². The van der Waals surface area contributed by atoms with E-state index in [4.69, 9.17) is 11.6 Å². The Morgan fingerprint density at radius 1 is 0.931 bits per heavy atom. The number of hydrogen-bond acceptors (Lipinski definition) is 4. The van der Waals surface area contributed by atoms with Crippen molar-refractivity contribution >= 4 is 27.5 Å². The van der Waals surface area contributed by atoms with Crippen LogP contribution >= 0.6 is 11.6 Å². The van der Waals surface area contributed by atoms with Crippen LogP contribution in [0.3, 0.4) is 0 Å². The van der Waals surface area contributed by atoms with E-state index in [0.29, 0.717) is 25.2 Å². The highest BCUT2D eigenvalue weighted by Crippen LogP contribution is 2.27. The number of nitrogens with zero attached hydrogens (tertiary/aromatic N) is 2. The van der Waals surface area contributed by atoms with Gasteiger partial charge in [-0.05, 0) is 57.0 Å². The lowest BCUT2D eigenvalue weighted by atomic mass is 10.2. The minimum Gasteiger partial charge on any atom is -0.351 e. The third-order valence-corrected chi connectivity index (χ3v) is 8.17. The summed E-state index contributed by atoms with van der Waals surface area (Å²) in [4.78, 5) is 15.0. The Bertz CT molecular complexity index is 784. The Morgan fingerprint density at radius 2 is 1.52 bits per heavy atom. The smallest absolute Gasteiger partial charge is 0.251 e. The van der Waals surface area contributed by atoms with E-state index in [1.165, 1.54) is 42.1 Å². The standard InChI is InChI=1S/C21H32ClN3O3S/c22-19-10-9-18(21(26)23-11-16-24-12-5-1-2-6-13-24)17-20(19)29(27,28)25-14-7-3-4-8-15-25/h9-10,17H,1-8,11-16H2,(H,23,26). The Balaban J connectivity index is 1.65. The lowest BCUT2D eigenvalue weighted by molar-refractivity contribution is 0.0948. The van der Waals surface area contributed by atoms with Gasteiger partial charge in [-0.15, -0.1) is 0 Å². The predicted molar refractivity (Wildman–Crippen MR) is 116 cm³/mol. The van der Waals surface area contributed by atoms with Crippen LogP contribution in [0.5, 0.6) is 0 Å². The minimum absolute atomic E-state index is 0.0289. The van der Waals surface area contributed by atoms with E-state index in [0.717, 1.165) is 45.3 Å². The average molecular weight is 442 g/mol. The summed E-state index contributed by atoms with van der Waals surface area (Å²) >= 11 is 6.22. The SMILES string of the molecule is O=C(NCCN1CCCCCC1)c1ccc(Cl)c(S(=O)(=O)N2CCCCCC2)c1. The molecule has 2 heterocycles. The molecule has 2 aliphatic heterocycles. The van der Waals surface area contributed by atoms with Crippen LogP contribution in [0, 0.1) is 0 Å². The maximum Gasteiger partial charge on any atom is 0.251 e. The van der Waals surface area contributed by atoms with Gasteiger partial charge >= 0.3 is 0 Å². The van der Waals surface area contributed by atoms with Gasteiger partial charge in [0.05, 0.1) is 5.02 Å². The van der Waals surface area contributed by atoms with E-state index in [2.05, 4.69) is 10.2 Å². The Labute approximate surface area is 179 Å². The maximum absolute atomic E-state index is 13.1. The molecule has 0 unspecified atom stereocenters. The fourth-order valence-electron chi connectivity index (χ4n) is 4.05. The molecule has 2 fully saturated rings. The molecule has 0 saturated carbocycles. The van der Waals surface area contributed by atoms with Gasteiger partial charge in [-0.2, -0.15) is 4.31 Å². The van der Waals surface area contributed by atoms with Crippen LogP contribution in [0.2, 0.25) is 5.02 Å². The van der Waals surface area contributed by atoms with E-state index in [1.54, 1.807) is 6.07 Å². The van der Waals surface area contributed by atoms with Crippen molar-refractivity contribution < 1.29 is 13.2 Å². The summed E-state index contributed by atoms with van der Waals surface area (Å²) < 4.78 is 27.7. The second-order valence-electron chi connectivity index (χ2n) is 7.98. The Morgan fingerprint density at radius 3 is 2.14 bits per heavy atom. The molecule has 1 N–H and O–H groups in total. The number of halogens is 1. The summed E-state index contributed by atoms with van der Waals surface area (Å²) in [6.45, 7) is 4.54. The lowest BCUT2D eigenvalue weighted by Gasteiger charge is -2.21. The number of sulfonamides is 1. The quantitative estimate of drug-likeness (QED) is 0.733. The third kappa shape index (κ3) is 6.17. The zero-order valence-electron chi connectivity index (χ0n) is 17.0. The van der Waals surface area contributed by atoms with Crippen molar-refractivity contribution in [2.45, 2.75) is 56.3 Å². The molecule has 0 aliphatic carbocycles. The molecule has 1 amide bonds. The van der Waals surface area contributed by atoms with Crippen LogP contribution in [-0.4, -0.2) is 62.8 Å². The molecule has 0 radical (unpaired) electrons.